The molecule has 0 saturated carbocycles. The number of amides is 3. The van der Waals surface area contributed by atoms with Gasteiger partial charge in [0.1, 0.15) is 11.6 Å². The van der Waals surface area contributed by atoms with Crippen molar-refractivity contribution in [1.82, 2.24) is 30.0 Å². The molecule has 354 valence electrons. The van der Waals surface area contributed by atoms with Gasteiger partial charge in [-0.2, -0.15) is 5.10 Å². The predicted octanol–water partition coefficient (Wildman–Crippen LogP) is 8.35. The molecule has 69 heavy (non-hydrogen) atoms. The number of piperazine rings is 1. The number of carboxylic acid groups (broad SMARTS) is 1. The lowest BCUT2D eigenvalue weighted by molar-refractivity contribution is -0.134. The number of carbonyl (C=O) groups excluding carboxylic acids is 3. The first kappa shape index (κ1) is 45.6. The molecule has 4 aromatic carbocycles. The SMILES string of the molecule is Cc1c(OCCCCCCN2CCN(c3ccc4c(C5CCC(=O)NC5=O)nn(C)c4c3)CC2)cccc1-c1ccc(N2CCc3cccc(C(=O)Nc4nc5ccccc5s4)c3C2)nc1C(=O)O. The van der Waals surface area contributed by atoms with Crippen LogP contribution in [-0.2, 0) is 29.6 Å². The van der Waals surface area contributed by atoms with Crippen molar-refractivity contribution in [2.24, 2.45) is 7.05 Å². The Morgan fingerprint density at radius 1 is 0.855 bits per heavy atom. The normalized spacial score (nSPS) is 16.5. The van der Waals surface area contributed by atoms with Gasteiger partial charge in [-0.3, -0.25) is 34.6 Å². The number of pyridine rings is 1. The lowest BCUT2D eigenvalue weighted by Gasteiger charge is -2.36. The van der Waals surface area contributed by atoms with Gasteiger partial charge in [-0.1, -0.05) is 60.6 Å². The largest absolute Gasteiger partial charge is 0.493 e. The highest BCUT2D eigenvalue weighted by Crippen LogP contribution is 2.36. The Hall–Kier alpha value is -7.17. The van der Waals surface area contributed by atoms with E-state index in [1.807, 2.05) is 96.3 Å². The summed E-state index contributed by atoms with van der Waals surface area (Å²) in [5, 5.41) is 22.1. The fourth-order valence-corrected chi connectivity index (χ4v) is 10.9. The third-order valence-corrected chi connectivity index (χ3v) is 14.8. The van der Waals surface area contributed by atoms with Crippen molar-refractivity contribution >= 4 is 72.8 Å². The first-order valence-electron chi connectivity index (χ1n) is 23.9. The number of piperidine rings is 1. The quantitative estimate of drug-likeness (QED) is 0.0663. The second-order valence-electron chi connectivity index (χ2n) is 18.2. The number of imide groups is 1. The van der Waals surface area contributed by atoms with Gasteiger partial charge in [-0.15, -0.1) is 0 Å². The Bertz CT molecular complexity index is 3070. The first-order valence-corrected chi connectivity index (χ1v) is 24.7. The molecule has 3 aliphatic rings. The summed E-state index contributed by atoms with van der Waals surface area (Å²) in [4.78, 5) is 67.0. The van der Waals surface area contributed by atoms with Gasteiger partial charge in [0.05, 0.1) is 34.0 Å². The number of para-hydroxylation sites is 1. The number of fused-ring (bicyclic) bond motifs is 3. The van der Waals surface area contributed by atoms with Gasteiger partial charge in [0.25, 0.3) is 5.91 Å². The molecule has 2 fully saturated rings. The summed E-state index contributed by atoms with van der Waals surface area (Å²) in [6.07, 6.45) is 5.69. The zero-order valence-corrected chi connectivity index (χ0v) is 39.7. The van der Waals surface area contributed by atoms with Crippen molar-refractivity contribution in [2.75, 3.05) is 61.0 Å². The van der Waals surface area contributed by atoms with E-state index in [-0.39, 0.29) is 23.4 Å². The number of nitrogens with one attached hydrogen (secondary N) is 2. The van der Waals surface area contributed by atoms with E-state index < -0.39 is 11.9 Å². The molecule has 3 N–H and O–H groups in total. The minimum Gasteiger partial charge on any atom is -0.493 e. The number of carbonyl (C=O) groups is 4. The number of hydrogen-bond acceptors (Lipinski definition) is 12. The van der Waals surface area contributed by atoms with Crippen LogP contribution >= 0.6 is 11.3 Å². The summed E-state index contributed by atoms with van der Waals surface area (Å²) in [5.41, 5.74) is 8.37. The molecule has 2 saturated heterocycles. The summed E-state index contributed by atoms with van der Waals surface area (Å²) in [5.74, 6) is -0.975. The van der Waals surface area contributed by atoms with Crippen LogP contribution in [0.25, 0.3) is 32.2 Å². The molecule has 1 atom stereocenters. The number of rotatable bonds is 15. The topological polar surface area (TPSA) is 175 Å². The summed E-state index contributed by atoms with van der Waals surface area (Å²) in [7, 11) is 1.91. The molecule has 7 aromatic rings. The number of aromatic carboxylic acids is 1. The van der Waals surface area contributed by atoms with Crippen LogP contribution in [0.5, 0.6) is 5.75 Å². The molecule has 15 nitrogen and oxygen atoms in total. The second-order valence-corrected chi connectivity index (χ2v) is 19.2. The number of aromatic nitrogens is 4. The van der Waals surface area contributed by atoms with Crippen LogP contribution in [-0.4, -0.2) is 99.3 Å². The molecular weight excluding hydrogens is 891 g/mol. The molecule has 3 amide bonds. The Labute approximate surface area is 404 Å². The summed E-state index contributed by atoms with van der Waals surface area (Å²) >= 11 is 1.43. The Kier molecular flexibility index (Phi) is 13.1. The highest BCUT2D eigenvalue weighted by molar-refractivity contribution is 7.22. The maximum Gasteiger partial charge on any atom is 0.355 e. The number of hydrogen-bond donors (Lipinski definition) is 3. The van der Waals surface area contributed by atoms with Crippen LogP contribution in [0.4, 0.5) is 16.6 Å². The van der Waals surface area contributed by atoms with E-state index in [0.717, 1.165) is 119 Å². The number of ether oxygens (including phenoxy) is 1. The minimum atomic E-state index is -1.11. The Morgan fingerprint density at radius 2 is 1.68 bits per heavy atom. The average molecular weight is 946 g/mol. The van der Waals surface area contributed by atoms with E-state index in [1.54, 1.807) is 0 Å². The monoisotopic (exact) mass is 945 g/mol. The molecule has 16 heteroatoms. The molecule has 3 aromatic heterocycles. The summed E-state index contributed by atoms with van der Waals surface area (Å²) < 4.78 is 9.14. The van der Waals surface area contributed by atoms with E-state index in [0.29, 0.717) is 61.0 Å². The summed E-state index contributed by atoms with van der Waals surface area (Å²) in [6, 6.07) is 29.4. The molecule has 3 aliphatic heterocycles. The molecule has 0 spiro atoms. The molecule has 0 radical (unpaired) electrons. The van der Waals surface area contributed by atoms with Gasteiger partial charge in [-0.05, 0) is 116 Å². The number of aryl methyl sites for hydroxylation is 1. The lowest BCUT2D eigenvalue weighted by Crippen LogP contribution is -2.46. The van der Waals surface area contributed by atoms with Gasteiger partial charge in [0.15, 0.2) is 10.8 Å². The standard InChI is InChI=1S/C53H55N9O6S/c1-33-36(37-19-21-46(55-49(37)52(66)67)62-25-23-34-11-9-13-38(41(34)32-62)50(64)57-53-54-42-14-5-6-16-45(42)69-53)12-10-15-44(33)68-30-8-4-3-7-24-60-26-28-61(29-27-60)35-17-18-39-43(31-35)59(2)58-48(39)40-20-22-47(63)56-51(40)65/h5-6,9-19,21,31,40H,3-4,7-8,20,22-30,32H2,1-2H3,(H,66,67)(H,54,57,64)(H,56,63,65). The molecular formula is C53H55N9O6S. The van der Waals surface area contributed by atoms with Gasteiger partial charge >= 0.3 is 5.97 Å². The number of benzene rings is 4. The fraction of sp³-hybridized carbons (Fsp3) is 0.340. The van der Waals surface area contributed by atoms with Crippen molar-refractivity contribution < 1.29 is 29.0 Å². The molecule has 0 aliphatic carbocycles. The van der Waals surface area contributed by atoms with Crippen LogP contribution in [0.3, 0.4) is 0 Å². The average Bonchev–Trinajstić information content (AvgIpc) is 3.93. The lowest BCUT2D eigenvalue weighted by atomic mass is 9.93. The third-order valence-electron chi connectivity index (χ3n) is 13.8. The molecule has 1 unspecified atom stereocenters. The number of nitrogens with zero attached hydrogens (tertiary/aromatic N) is 7. The van der Waals surface area contributed by atoms with E-state index in [1.165, 1.54) is 11.3 Å². The predicted molar refractivity (Wildman–Crippen MR) is 269 cm³/mol. The number of thiazole rings is 1. The van der Waals surface area contributed by atoms with Crippen molar-refractivity contribution in [2.45, 2.75) is 64.3 Å². The maximum absolute atomic E-state index is 13.6. The maximum atomic E-state index is 13.6. The van der Waals surface area contributed by atoms with Gasteiger partial charge in [0, 0.05) is 74.9 Å². The van der Waals surface area contributed by atoms with Crippen LogP contribution in [0.1, 0.15) is 87.7 Å². The summed E-state index contributed by atoms with van der Waals surface area (Å²) in [6.45, 7) is 8.49. The van der Waals surface area contributed by atoms with Gasteiger partial charge < -0.3 is 19.6 Å². The number of unbranched alkanes of at least 4 members (excludes halogenated alkanes) is 3. The van der Waals surface area contributed by atoms with Crippen LogP contribution in [0.15, 0.2) is 91.0 Å². The van der Waals surface area contributed by atoms with Crippen molar-refractivity contribution in [1.29, 1.82) is 0 Å². The number of anilines is 3. The first-order chi connectivity index (χ1) is 33.6. The minimum absolute atomic E-state index is 0.0323. The zero-order valence-electron chi connectivity index (χ0n) is 38.9. The molecule has 10 rings (SSSR count). The van der Waals surface area contributed by atoms with Crippen LogP contribution in [0.2, 0.25) is 0 Å². The fourth-order valence-electron chi connectivity index (χ4n) is 10.0. The van der Waals surface area contributed by atoms with Crippen LogP contribution < -0.4 is 25.2 Å². The second kappa shape index (κ2) is 19.8. The number of carboxylic acids is 1. The van der Waals surface area contributed by atoms with Gasteiger partial charge in [-0.25, -0.2) is 14.8 Å². The Morgan fingerprint density at radius 3 is 2.51 bits per heavy atom. The van der Waals surface area contributed by atoms with E-state index in [9.17, 15) is 24.3 Å². The highest BCUT2D eigenvalue weighted by Gasteiger charge is 2.32. The smallest absolute Gasteiger partial charge is 0.355 e. The Balaban J connectivity index is 0.696. The molecule has 6 heterocycles. The van der Waals surface area contributed by atoms with Gasteiger partial charge in [0.2, 0.25) is 11.8 Å². The van der Waals surface area contributed by atoms with Crippen LogP contribution in [0, 0.1) is 6.92 Å². The van der Waals surface area contributed by atoms with Crippen molar-refractivity contribution in [3.05, 3.63) is 125 Å². The van der Waals surface area contributed by atoms with Crippen molar-refractivity contribution in [3.63, 3.8) is 0 Å². The molecule has 0 bridgehead atoms. The van der Waals surface area contributed by atoms with E-state index >= 15 is 0 Å². The zero-order chi connectivity index (χ0) is 47.6. The third kappa shape index (κ3) is 9.63. The highest BCUT2D eigenvalue weighted by atomic mass is 32.1. The van der Waals surface area contributed by atoms with Crippen molar-refractivity contribution in [3.8, 4) is 16.9 Å². The van der Waals surface area contributed by atoms with E-state index in [2.05, 4.69) is 43.6 Å². The van der Waals surface area contributed by atoms with E-state index in [4.69, 9.17) is 14.8 Å².